The molecule has 3 aromatic rings. The molecular weight excluding hydrogens is 374 g/mol. The first-order valence-electron chi connectivity index (χ1n) is 9.26. The maximum Gasteiger partial charge on any atom is 0.263 e. The van der Waals surface area contributed by atoms with Gasteiger partial charge in [0.2, 0.25) is 0 Å². The lowest BCUT2D eigenvalue weighted by atomic mass is 10.2. The molecule has 1 aliphatic rings. The Hall–Kier alpha value is -2.93. The van der Waals surface area contributed by atoms with Crippen molar-refractivity contribution in [1.29, 1.82) is 0 Å². The third-order valence-corrected chi connectivity index (χ3v) is 5.78. The molecule has 0 unspecified atom stereocenters. The third-order valence-electron chi connectivity index (χ3n) is 4.61. The molecule has 0 spiro atoms. The number of amides is 1. The Labute approximate surface area is 166 Å². The fourth-order valence-corrected chi connectivity index (χ4v) is 3.88. The second-order valence-electron chi connectivity index (χ2n) is 6.90. The molecule has 6 nitrogen and oxygen atoms in total. The summed E-state index contributed by atoms with van der Waals surface area (Å²) in [5.74, 6) is 0.892. The lowest BCUT2D eigenvalue weighted by Crippen LogP contribution is -2.22. The Morgan fingerprint density at radius 1 is 1.29 bits per heavy atom. The summed E-state index contributed by atoms with van der Waals surface area (Å²) < 4.78 is 5.86. The molecule has 144 valence electrons. The first-order chi connectivity index (χ1) is 13.6. The highest BCUT2D eigenvalue weighted by Crippen LogP contribution is 2.34. The summed E-state index contributed by atoms with van der Waals surface area (Å²) >= 11 is 1.21. The van der Waals surface area contributed by atoms with E-state index < -0.39 is 0 Å². The van der Waals surface area contributed by atoms with Crippen LogP contribution in [0.1, 0.15) is 33.8 Å². The normalized spacial score (nSPS) is 13.3. The van der Waals surface area contributed by atoms with E-state index in [4.69, 9.17) is 4.74 Å². The SMILES string of the molecule is Cc1nc(-c2c(OCC3CC3)cc[nH]c2=O)sc1C(=O)NCc1ccccc1. The molecule has 1 aliphatic carbocycles. The van der Waals surface area contributed by atoms with Crippen LogP contribution in [-0.4, -0.2) is 22.5 Å². The van der Waals surface area contributed by atoms with Gasteiger partial charge in [-0.05, 0) is 37.3 Å². The van der Waals surface area contributed by atoms with Crippen LogP contribution in [0.25, 0.3) is 10.6 Å². The number of rotatable bonds is 7. The van der Waals surface area contributed by atoms with Crippen LogP contribution in [0.4, 0.5) is 0 Å². The number of aryl methyl sites for hydroxylation is 1. The van der Waals surface area contributed by atoms with Gasteiger partial charge < -0.3 is 15.0 Å². The number of hydrogen-bond donors (Lipinski definition) is 2. The zero-order valence-electron chi connectivity index (χ0n) is 15.5. The van der Waals surface area contributed by atoms with Crippen LogP contribution in [-0.2, 0) is 6.54 Å². The minimum Gasteiger partial charge on any atom is -0.492 e. The molecule has 1 aromatic carbocycles. The van der Waals surface area contributed by atoms with Gasteiger partial charge in [0.05, 0.1) is 12.3 Å². The van der Waals surface area contributed by atoms with Gasteiger partial charge in [-0.15, -0.1) is 11.3 Å². The van der Waals surface area contributed by atoms with Crippen LogP contribution in [0.2, 0.25) is 0 Å². The maximum absolute atomic E-state index is 12.6. The van der Waals surface area contributed by atoms with Crippen molar-refractivity contribution in [1.82, 2.24) is 15.3 Å². The van der Waals surface area contributed by atoms with E-state index in [1.807, 2.05) is 30.3 Å². The lowest BCUT2D eigenvalue weighted by molar-refractivity contribution is 0.0954. The van der Waals surface area contributed by atoms with Crippen molar-refractivity contribution < 1.29 is 9.53 Å². The highest BCUT2D eigenvalue weighted by Gasteiger charge is 2.24. The van der Waals surface area contributed by atoms with Gasteiger partial charge in [0, 0.05) is 12.7 Å². The number of ether oxygens (including phenoxy) is 1. The first kappa shape index (κ1) is 18.4. The van der Waals surface area contributed by atoms with Gasteiger partial charge in [-0.25, -0.2) is 4.98 Å². The zero-order chi connectivity index (χ0) is 19.5. The van der Waals surface area contributed by atoms with Crippen LogP contribution in [0, 0.1) is 12.8 Å². The van der Waals surface area contributed by atoms with E-state index in [2.05, 4.69) is 15.3 Å². The van der Waals surface area contributed by atoms with Crippen LogP contribution in [0.15, 0.2) is 47.4 Å². The van der Waals surface area contributed by atoms with Crippen LogP contribution in [0.3, 0.4) is 0 Å². The van der Waals surface area contributed by atoms with Gasteiger partial charge in [-0.2, -0.15) is 0 Å². The average molecular weight is 395 g/mol. The molecule has 4 rings (SSSR count). The van der Waals surface area contributed by atoms with Crippen molar-refractivity contribution in [3.63, 3.8) is 0 Å². The highest BCUT2D eigenvalue weighted by atomic mass is 32.1. The monoisotopic (exact) mass is 395 g/mol. The Bertz CT molecular complexity index is 1040. The molecule has 0 radical (unpaired) electrons. The maximum atomic E-state index is 12.6. The van der Waals surface area contributed by atoms with E-state index >= 15 is 0 Å². The number of aromatic nitrogens is 2. The number of nitrogens with zero attached hydrogens (tertiary/aromatic N) is 1. The van der Waals surface area contributed by atoms with E-state index in [9.17, 15) is 9.59 Å². The van der Waals surface area contributed by atoms with Crippen molar-refractivity contribution >= 4 is 17.2 Å². The first-order valence-corrected chi connectivity index (χ1v) is 10.1. The molecule has 0 aliphatic heterocycles. The molecule has 2 aromatic heterocycles. The number of carbonyl (C=O) groups excluding carboxylic acids is 1. The van der Waals surface area contributed by atoms with E-state index in [1.54, 1.807) is 19.2 Å². The molecule has 1 saturated carbocycles. The standard InChI is InChI=1S/C21H21N3O3S/c1-13-18(20(26)23-11-14-5-3-2-4-6-14)28-21(24-13)17-16(9-10-22-19(17)25)27-12-15-7-8-15/h2-6,9-10,15H,7-8,11-12H2,1H3,(H,22,25)(H,23,26). The number of pyridine rings is 1. The Morgan fingerprint density at radius 3 is 2.82 bits per heavy atom. The summed E-state index contributed by atoms with van der Waals surface area (Å²) in [5, 5.41) is 3.41. The molecule has 0 bridgehead atoms. The van der Waals surface area contributed by atoms with Crippen molar-refractivity contribution in [2.45, 2.75) is 26.3 Å². The number of carbonyl (C=O) groups is 1. The van der Waals surface area contributed by atoms with Gasteiger partial charge in [0.1, 0.15) is 21.2 Å². The molecule has 0 saturated heterocycles. The van der Waals surface area contributed by atoms with Crippen molar-refractivity contribution in [2.24, 2.45) is 5.92 Å². The summed E-state index contributed by atoms with van der Waals surface area (Å²) in [6, 6.07) is 11.5. The van der Waals surface area contributed by atoms with E-state index in [0.29, 0.717) is 46.0 Å². The predicted octanol–water partition coefficient (Wildman–Crippen LogP) is 3.53. The lowest BCUT2D eigenvalue weighted by Gasteiger charge is -2.08. The average Bonchev–Trinajstić information content (AvgIpc) is 3.46. The van der Waals surface area contributed by atoms with E-state index in [0.717, 1.165) is 5.56 Å². The van der Waals surface area contributed by atoms with Gasteiger partial charge >= 0.3 is 0 Å². The molecule has 2 N–H and O–H groups in total. The quantitative estimate of drug-likeness (QED) is 0.641. The number of benzene rings is 1. The minimum atomic E-state index is -0.265. The molecule has 2 heterocycles. The second-order valence-corrected chi connectivity index (χ2v) is 7.90. The topological polar surface area (TPSA) is 84.1 Å². The van der Waals surface area contributed by atoms with Gasteiger partial charge in [-0.3, -0.25) is 9.59 Å². The molecular formula is C21H21N3O3S. The Balaban J connectivity index is 1.55. The van der Waals surface area contributed by atoms with Crippen LogP contribution in [0.5, 0.6) is 5.75 Å². The smallest absolute Gasteiger partial charge is 0.263 e. The molecule has 7 heteroatoms. The molecule has 28 heavy (non-hydrogen) atoms. The summed E-state index contributed by atoms with van der Waals surface area (Å²) in [7, 11) is 0. The summed E-state index contributed by atoms with van der Waals surface area (Å²) in [6.07, 6.45) is 3.91. The zero-order valence-corrected chi connectivity index (χ0v) is 16.3. The van der Waals surface area contributed by atoms with Crippen molar-refractivity contribution in [3.8, 4) is 16.3 Å². The fourth-order valence-electron chi connectivity index (χ4n) is 2.85. The predicted molar refractivity (Wildman–Crippen MR) is 109 cm³/mol. The molecule has 0 atom stereocenters. The fraction of sp³-hybridized carbons (Fsp3) is 0.286. The van der Waals surface area contributed by atoms with Crippen molar-refractivity contribution in [2.75, 3.05) is 6.61 Å². The van der Waals surface area contributed by atoms with Crippen LogP contribution < -0.4 is 15.6 Å². The number of H-pyrrole nitrogens is 1. The van der Waals surface area contributed by atoms with E-state index in [-0.39, 0.29) is 11.5 Å². The summed E-state index contributed by atoms with van der Waals surface area (Å²) in [6.45, 7) is 2.82. The largest absolute Gasteiger partial charge is 0.492 e. The summed E-state index contributed by atoms with van der Waals surface area (Å²) in [4.78, 5) is 32.7. The summed E-state index contributed by atoms with van der Waals surface area (Å²) in [5.41, 5.74) is 1.74. The molecule has 1 fully saturated rings. The third kappa shape index (κ3) is 4.14. The number of aromatic amines is 1. The van der Waals surface area contributed by atoms with Gasteiger partial charge in [0.15, 0.2) is 0 Å². The minimum absolute atomic E-state index is 0.196. The second kappa shape index (κ2) is 7.98. The van der Waals surface area contributed by atoms with E-state index in [1.165, 1.54) is 24.2 Å². The Morgan fingerprint density at radius 2 is 2.07 bits per heavy atom. The Kier molecular flexibility index (Phi) is 5.25. The number of nitrogens with one attached hydrogen (secondary N) is 2. The highest BCUT2D eigenvalue weighted by molar-refractivity contribution is 7.17. The van der Waals surface area contributed by atoms with Crippen molar-refractivity contribution in [3.05, 3.63) is 69.1 Å². The van der Waals surface area contributed by atoms with Crippen LogP contribution >= 0.6 is 11.3 Å². The van der Waals surface area contributed by atoms with Gasteiger partial charge in [-0.1, -0.05) is 30.3 Å². The molecule has 1 amide bonds. The van der Waals surface area contributed by atoms with Gasteiger partial charge in [0.25, 0.3) is 11.5 Å². The number of hydrogen-bond acceptors (Lipinski definition) is 5. The number of thiazole rings is 1.